The second kappa shape index (κ2) is 13.0. The summed E-state index contributed by atoms with van der Waals surface area (Å²) < 4.78 is 12.5. The number of fused-ring (bicyclic) bond motifs is 1. The third-order valence-corrected chi connectivity index (χ3v) is 7.68. The molecule has 2 aliphatic rings. The van der Waals surface area contributed by atoms with Gasteiger partial charge in [-0.25, -0.2) is 24.5 Å². The lowest BCUT2D eigenvalue weighted by Crippen LogP contribution is -2.50. The number of ether oxygens (including phenoxy) is 2. The van der Waals surface area contributed by atoms with Crippen LogP contribution >= 0.6 is 0 Å². The second-order valence-electron chi connectivity index (χ2n) is 12.1. The van der Waals surface area contributed by atoms with Crippen LogP contribution in [0.3, 0.4) is 0 Å². The standard InChI is InChI=1S/C31H41N7O5/c1-5-6-17-42-29(40)26-33-19-21-18-24(28(39)38(27(21)35-26)22-9-7-8-10-22)34-25-12-11-23(20-32-25)36-13-15-37(16-14-36)30(41)43-31(2,3)4/h11-12,18-20,22H,5-10,13-17H2,1-4H3,(H,32,34). The Morgan fingerprint density at radius 2 is 1.79 bits per heavy atom. The predicted molar refractivity (Wildman–Crippen MR) is 164 cm³/mol. The normalized spacial score (nSPS) is 16.0. The number of hydrogen-bond acceptors (Lipinski definition) is 10. The summed E-state index contributed by atoms with van der Waals surface area (Å²) in [6.45, 7) is 10.4. The molecule has 0 unspecified atom stereocenters. The van der Waals surface area contributed by atoms with Crippen molar-refractivity contribution in [2.45, 2.75) is 77.9 Å². The first kappa shape index (κ1) is 30.2. The fourth-order valence-electron chi connectivity index (χ4n) is 5.44. The zero-order valence-corrected chi connectivity index (χ0v) is 25.5. The molecule has 1 saturated heterocycles. The van der Waals surface area contributed by atoms with E-state index in [1.807, 2.05) is 39.8 Å². The smallest absolute Gasteiger partial charge is 0.410 e. The average molecular weight is 592 g/mol. The molecule has 43 heavy (non-hydrogen) atoms. The van der Waals surface area contributed by atoms with Gasteiger partial charge < -0.3 is 24.6 Å². The molecule has 0 spiro atoms. The number of amides is 1. The van der Waals surface area contributed by atoms with Crippen molar-refractivity contribution in [3.05, 3.63) is 46.8 Å². The number of esters is 1. The first-order valence-corrected chi connectivity index (χ1v) is 15.2. The molecule has 0 atom stereocenters. The van der Waals surface area contributed by atoms with Crippen LogP contribution in [0.4, 0.5) is 22.0 Å². The van der Waals surface area contributed by atoms with Crippen molar-refractivity contribution in [1.82, 2.24) is 24.4 Å². The molecule has 0 radical (unpaired) electrons. The number of pyridine rings is 2. The maximum absolute atomic E-state index is 13.8. The number of unbranched alkanes of at least 4 members (excludes halogenated alkanes) is 1. The van der Waals surface area contributed by atoms with Crippen LogP contribution in [0.25, 0.3) is 11.0 Å². The first-order chi connectivity index (χ1) is 20.6. The zero-order chi connectivity index (χ0) is 30.6. The Morgan fingerprint density at radius 1 is 1.05 bits per heavy atom. The van der Waals surface area contributed by atoms with Crippen LogP contribution in [0.15, 0.2) is 35.4 Å². The number of piperazine rings is 1. The molecular formula is C31H41N7O5. The number of nitrogens with one attached hydrogen (secondary N) is 1. The molecular weight excluding hydrogens is 550 g/mol. The fraction of sp³-hybridized carbons (Fsp3) is 0.548. The average Bonchev–Trinajstić information content (AvgIpc) is 3.52. The monoisotopic (exact) mass is 591 g/mol. The molecule has 1 amide bonds. The molecule has 0 aromatic carbocycles. The molecule has 5 rings (SSSR count). The van der Waals surface area contributed by atoms with E-state index in [9.17, 15) is 14.4 Å². The van der Waals surface area contributed by atoms with Crippen molar-refractivity contribution in [3.8, 4) is 0 Å². The number of aromatic nitrogens is 4. The van der Waals surface area contributed by atoms with Gasteiger partial charge in [-0.1, -0.05) is 26.2 Å². The molecule has 1 aliphatic heterocycles. The highest BCUT2D eigenvalue weighted by Gasteiger charge is 2.27. The number of hydrogen-bond donors (Lipinski definition) is 1. The van der Waals surface area contributed by atoms with Crippen molar-refractivity contribution < 1.29 is 19.1 Å². The van der Waals surface area contributed by atoms with Gasteiger partial charge in [0.2, 0.25) is 5.82 Å². The van der Waals surface area contributed by atoms with Gasteiger partial charge in [0.15, 0.2) is 0 Å². The van der Waals surface area contributed by atoms with Gasteiger partial charge in [0.1, 0.15) is 22.8 Å². The summed E-state index contributed by atoms with van der Waals surface area (Å²) >= 11 is 0. The Morgan fingerprint density at radius 3 is 2.44 bits per heavy atom. The summed E-state index contributed by atoms with van der Waals surface area (Å²) in [5.74, 6) is -0.0965. The van der Waals surface area contributed by atoms with Gasteiger partial charge in [-0.2, -0.15) is 0 Å². The molecule has 3 aromatic heterocycles. The van der Waals surface area contributed by atoms with Crippen LogP contribution in [-0.2, 0) is 9.47 Å². The number of rotatable bonds is 8. The summed E-state index contributed by atoms with van der Waals surface area (Å²) in [4.78, 5) is 56.0. The summed E-state index contributed by atoms with van der Waals surface area (Å²) in [5, 5.41) is 3.85. The second-order valence-corrected chi connectivity index (χ2v) is 12.1. The zero-order valence-electron chi connectivity index (χ0n) is 25.5. The minimum atomic E-state index is -0.585. The predicted octanol–water partition coefficient (Wildman–Crippen LogP) is 5.06. The Hall–Kier alpha value is -4.22. The SMILES string of the molecule is CCCCOC(=O)c1ncc2cc(Nc3ccc(N4CCN(C(=O)OC(C)(C)C)CC4)cn3)c(=O)n(C3CCCC3)c2n1. The van der Waals surface area contributed by atoms with E-state index in [4.69, 9.17) is 9.47 Å². The van der Waals surface area contributed by atoms with Crippen LogP contribution in [0.1, 0.15) is 82.9 Å². The van der Waals surface area contributed by atoms with Crippen molar-refractivity contribution in [2.24, 2.45) is 0 Å². The fourth-order valence-corrected chi connectivity index (χ4v) is 5.44. The lowest BCUT2D eigenvalue weighted by atomic mass is 10.2. The number of nitrogens with zero attached hydrogens (tertiary/aromatic N) is 6. The van der Waals surface area contributed by atoms with Crippen LogP contribution in [0.2, 0.25) is 0 Å². The van der Waals surface area contributed by atoms with Crippen molar-refractivity contribution in [2.75, 3.05) is 43.0 Å². The maximum Gasteiger partial charge on any atom is 0.410 e. The van der Waals surface area contributed by atoms with E-state index in [0.29, 0.717) is 55.3 Å². The van der Waals surface area contributed by atoms with Crippen LogP contribution in [-0.4, -0.2) is 74.9 Å². The molecule has 4 heterocycles. The topological polar surface area (TPSA) is 132 Å². The highest BCUT2D eigenvalue weighted by atomic mass is 16.6. The van der Waals surface area contributed by atoms with E-state index in [-0.39, 0.29) is 23.5 Å². The van der Waals surface area contributed by atoms with Gasteiger partial charge in [0, 0.05) is 43.8 Å². The lowest BCUT2D eigenvalue weighted by molar-refractivity contribution is 0.0240. The Bertz CT molecular complexity index is 1500. The molecule has 3 aromatic rings. The molecule has 12 nitrogen and oxygen atoms in total. The summed E-state index contributed by atoms with van der Waals surface area (Å²) in [5.41, 5.74) is 1.00. The number of anilines is 3. The maximum atomic E-state index is 13.8. The molecule has 0 bridgehead atoms. The first-order valence-electron chi connectivity index (χ1n) is 15.2. The summed E-state index contributed by atoms with van der Waals surface area (Å²) in [6.07, 6.45) is 8.51. The third-order valence-electron chi connectivity index (χ3n) is 7.68. The summed E-state index contributed by atoms with van der Waals surface area (Å²) in [7, 11) is 0. The van der Waals surface area contributed by atoms with Crippen molar-refractivity contribution in [1.29, 1.82) is 0 Å². The van der Waals surface area contributed by atoms with Gasteiger partial charge in [0.25, 0.3) is 5.56 Å². The van der Waals surface area contributed by atoms with E-state index in [2.05, 4.69) is 25.2 Å². The third kappa shape index (κ3) is 7.23. The highest BCUT2D eigenvalue weighted by molar-refractivity contribution is 5.88. The van der Waals surface area contributed by atoms with Gasteiger partial charge in [-0.05, 0) is 58.2 Å². The number of carbonyl (C=O) groups excluding carboxylic acids is 2. The molecule has 1 N–H and O–H groups in total. The van der Waals surface area contributed by atoms with Crippen LogP contribution in [0.5, 0.6) is 0 Å². The molecule has 1 aliphatic carbocycles. The molecule has 12 heteroatoms. The van der Waals surface area contributed by atoms with Gasteiger partial charge in [0.05, 0.1) is 18.5 Å². The van der Waals surface area contributed by atoms with Gasteiger partial charge in [-0.3, -0.25) is 9.36 Å². The van der Waals surface area contributed by atoms with E-state index >= 15 is 0 Å². The van der Waals surface area contributed by atoms with Gasteiger partial charge >= 0.3 is 12.1 Å². The molecule has 1 saturated carbocycles. The minimum absolute atomic E-state index is 0.00899. The van der Waals surface area contributed by atoms with E-state index in [0.717, 1.165) is 44.2 Å². The Balaban J connectivity index is 1.32. The minimum Gasteiger partial charge on any atom is -0.460 e. The lowest BCUT2D eigenvalue weighted by Gasteiger charge is -2.36. The van der Waals surface area contributed by atoms with Crippen molar-refractivity contribution in [3.63, 3.8) is 0 Å². The Labute approximate surface area is 251 Å². The van der Waals surface area contributed by atoms with Crippen molar-refractivity contribution >= 4 is 40.3 Å². The number of carbonyl (C=O) groups is 2. The quantitative estimate of drug-likeness (QED) is 0.280. The summed E-state index contributed by atoms with van der Waals surface area (Å²) in [6, 6.07) is 5.49. The van der Waals surface area contributed by atoms with Crippen LogP contribution < -0.4 is 15.8 Å². The van der Waals surface area contributed by atoms with E-state index in [1.54, 1.807) is 27.9 Å². The van der Waals surface area contributed by atoms with E-state index in [1.165, 1.54) is 0 Å². The molecule has 230 valence electrons. The van der Waals surface area contributed by atoms with Crippen LogP contribution in [0, 0.1) is 0 Å². The highest BCUT2D eigenvalue weighted by Crippen LogP contribution is 2.31. The van der Waals surface area contributed by atoms with E-state index < -0.39 is 11.6 Å². The Kier molecular flexibility index (Phi) is 9.12. The molecule has 2 fully saturated rings. The van der Waals surface area contributed by atoms with Gasteiger partial charge in [-0.15, -0.1) is 0 Å². The largest absolute Gasteiger partial charge is 0.460 e.